The molecule has 140 valence electrons. The van der Waals surface area contributed by atoms with Crippen LogP contribution in [-0.2, 0) is 0 Å². The molecule has 0 aromatic heterocycles. The molecule has 3 aromatic rings. The fourth-order valence-electron chi connectivity index (χ4n) is 3.39. The van der Waals surface area contributed by atoms with E-state index in [9.17, 15) is 5.11 Å². The maximum Gasteiger partial charge on any atom is 0.164 e. The smallest absolute Gasteiger partial charge is 0.164 e. The Hall–Kier alpha value is -3.14. The lowest BCUT2D eigenvalue weighted by Gasteiger charge is -2.22. The number of rotatable bonds is 6. The Balaban J connectivity index is 2.19. The Labute approximate surface area is 160 Å². The predicted molar refractivity (Wildman–Crippen MR) is 107 cm³/mol. The highest BCUT2D eigenvalue weighted by Crippen LogP contribution is 2.45. The van der Waals surface area contributed by atoms with Gasteiger partial charge in [0.05, 0.1) is 21.3 Å². The summed E-state index contributed by atoms with van der Waals surface area (Å²) in [6, 6.07) is 19.5. The van der Waals surface area contributed by atoms with E-state index in [-0.39, 0.29) is 11.7 Å². The van der Waals surface area contributed by atoms with Crippen LogP contribution in [0.3, 0.4) is 0 Å². The van der Waals surface area contributed by atoms with Gasteiger partial charge < -0.3 is 19.3 Å². The molecule has 0 aliphatic rings. The summed E-state index contributed by atoms with van der Waals surface area (Å²) in [5.74, 6) is 1.92. The molecule has 3 rings (SSSR count). The molecular formula is C23H24O4. The van der Waals surface area contributed by atoms with E-state index in [1.807, 2.05) is 42.5 Å². The standard InChI is InChI=1S/C23H24O4/c1-15(17-10-13-20(25-2)21(14-17)26-3)22-18(16-8-6-5-7-9-16)11-12-19(24)23(22)27-4/h5-15,24H,1-4H3. The maximum absolute atomic E-state index is 10.4. The maximum atomic E-state index is 10.4. The third kappa shape index (κ3) is 3.56. The Morgan fingerprint density at radius 3 is 2.11 bits per heavy atom. The van der Waals surface area contributed by atoms with Crippen LogP contribution in [0.15, 0.2) is 60.7 Å². The number of phenols is 1. The van der Waals surface area contributed by atoms with Crippen LogP contribution in [0.25, 0.3) is 11.1 Å². The molecule has 1 atom stereocenters. The highest BCUT2D eigenvalue weighted by atomic mass is 16.5. The fourth-order valence-corrected chi connectivity index (χ4v) is 3.39. The largest absolute Gasteiger partial charge is 0.504 e. The zero-order valence-corrected chi connectivity index (χ0v) is 16.0. The third-order valence-corrected chi connectivity index (χ3v) is 4.80. The molecule has 0 radical (unpaired) electrons. The van der Waals surface area contributed by atoms with Gasteiger partial charge in [-0.15, -0.1) is 0 Å². The van der Waals surface area contributed by atoms with Crippen molar-refractivity contribution >= 4 is 0 Å². The van der Waals surface area contributed by atoms with Crippen LogP contribution in [0.5, 0.6) is 23.0 Å². The minimum atomic E-state index is -0.0398. The highest BCUT2D eigenvalue weighted by Gasteiger charge is 2.22. The number of benzene rings is 3. The first-order valence-corrected chi connectivity index (χ1v) is 8.77. The van der Waals surface area contributed by atoms with Crippen molar-refractivity contribution in [3.05, 3.63) is 71.8 Å². The van der Waals surface area contributed by atoms with Gasteiger partial charge in [0.2, 0.25) is 0 Å². The van der Waals surface area contributed by atoms with Crippen molar-refractivity contribution in [2.75, 3.05) is 21.3 Å². The van der Waals surface area contributed by atoms with E-state index in [1.54, 1.807) is 27.4 Å². The topological polar surface area (TPSA) is 47.9 Å². The Morgan fingerprint density at radius 1 is 0.778 bits per heavy atom. The molecule has 0 heterocycles. The summed E-state index contributed by atoms with van der Waals surface area (Å²) in [5.41, 5.74) is 4.05. The van der Waals surface area contributed by atoms with Crippen molar-refractivity contribution in [1.29, 1.82) is 0 Å². The Morgan fingerprint density at radius 2 is 1.48 bits per heavy atom. The summed E-state index contributed by atoms with van der Waals surface area (Å²) >= 11 is 0. The van der Waals surface area contributed by atoms with Crippen molar-refractivity contribution in [1.82, 2.24) is 0 Å². The summed E-state index contributed by atoms with van der Waals surface area (Å²) in [6.45, 7) is 2.09. The van der Waals surface area contributed by atoms with Crippen molar-refractivity contribution in [3.8, 4) is 34.1 Å². The van der Waals surface area contributed by atoms with Gasteiger partial charge in [-0.05, 0) is 34.9 Å². The minimum absolute atomic E-state index is 0.0398. The van der Waals surface area contributed by atoms with Gasteiger partial charge >= 0.3 is 0 Å². The molecule has 0 fully saturated rings. The van der Waals surface area contributed by atoms with Gasteiger partial charge in [0, 0.05) is 11.5 Å². The second-order valence-electron chi connectivity index (χ2n) is 6.28. The number of hydrogen-bond donors (Lipinski definition) is 1. The van der Waals surface area contributed by atoms with E-state index in [2.05, 4.69) is 19.1 Å². The van der Waals surface area contributed by atoms with Crippen LogP contribution in [0.2, 0.25) is 0 Å². The lowest BCUT2D eigenvalue weighted by Crippen LogP contribution is -2.03. The van der Waals surface area contributed by atoms with Crippen molar-refractivity contribution in [3.63, 3.8) is 0 Å². The molecule has 0 saturated carbocycles. The molecule has 4 nitrogen and oxygen atoms in total. The van der Waals surface area contributed by atoms with Gasteiger partial charge in [-0.3, -0.25) is 0 Å². The van der Waals surface area contributed by atoms with Crippen LogP contribution in [0, 0.1) is 0 Å². The number of aromatic hydroxyl groups is 1. The van der Waals surface area contributed by atoms with Crippen molar-refractivity contribution in [2.45, 2.75) is 12.8 Å². The average Bonchev–Trinajstić information content (AvgIpc) is 2.73. The van der Waals surface area contributed by atoms with Crippen LogP contribution in [0.4, 0.5) is 0 Å². The summed E-state index contributed by atoms with van der Waals surface area (Å²) in [5, 5.41) is 10.4. The quantitative estimate of drug-likeness (QED) is 0.650. The molecule has 1 N–H and O–H groups in total. The molecule has 3 aromatic carbocycles. The Bertz CT molecular complexity index is 919. The normalized spacial score (nSPS) is 11.7. The van der Waals surface area contributed by atoms with E-state index >= 15 is 0 Å². The number of phenolic OH excluding ortho intramolecular Hbond substituents is 1. The summed E-state index contributed by atoms with van der Waals surface area (Å²) < 4.78 is 16.4. The van der Waals surface area contributed by atoms with E-state index < -0.39 is 0 Å². The van der Waals surface area contributed by atoms with Gasteiger partial charge in [0.15, 0.2) is 23.0 Å². The van der Waals surface area contributed by atoms with Crippen LogP contribution >= 0.6 is 0 Å². The summed E-state index contributed by atoms with van der Waals surface area (Å²) in [7, 11) is 4.82. The van der Waals surface area contributed by atoms with Gasteiger partial charge in [0.25, 0.3) is 0 Å². The van der Waals surface area contributed by atoms with E-state index in [4.69, 9.17) is 14.2 Å². The van der Waals surface area contributed by atoms with Crippen molar-refractivity contribution < 1.29 is 19.3 Å². The average molecular weight is 364 g/mol. The molecular weight excluding hydrogens is 340 g/mol. The molecule has 1 unspecified atom stereocenters. The zero-order chi connectivity index (χ0) is 19.4. The van der Waals surface area contributed by atoms with Crippen LogP contribution in [-0.4, -0.2) is 26.4 Å². The number of methoxy groups -OCH3 is 3. The van der Waals surface area contributed by atoms with Crippen molar-refractivity contribution in [2.24, 2.45) is 0 Å². The first kappa shape index (κ1) is 18.6. The molecule has 0 bridgehead atoms. The van der Waals surface area contributed by atoms with E-state index in [0.29, 0.717) is 17.2 Å². The highest BCUT2D eigenvalue weighted by molar-refractivity contribution is 5.74. The molecule has 4 heteroatoms. The molecule has 0 aliphatic carbocycles. The van der Waals surface area contributed by atoms with Crippen LogP contribution < -0.4 is 14.2 Å². The van der Waals surface area contributed by atoms with Gasteiger partial charge in [-0.2, -0.15) is 0 Å². The minimum Gasteiger partial charge on any atom is -0.504 e. The van der Waals surface area contributed by atoms with Gasteiger partial charge in [-0.25, -0.2) is 0 Å². The molecule has 0 amide bonds. The van der Waals surface area contributed by atoms with E-state index in [1.165, 1.54) is 0 Å². The van der Waals surface area contributed by atoms with Gasteiger partial charge in [0.1, 0.15) is 0 Å². The second-order valence-corrected chi connectivity index (χ2v) is 6.28. The molecule has 27 heavy (non-hydrogen) atoms. The van der Waals surface area contributed by atoms with E-state index in [0.717, 1.165) is 22.3 Å². The zero-order valence-electron chi connectivity index (χ0n) is 16.0. The number of ether oxygens (including phenoxy) is 3. The number of hydrogen-bond acceptors (Lipinski definition) is 4. The SMILES string of the molecule is COc1ccc(C(C)c2c(-c3ccccc3)ccc(O)c2OC)cc1OC. The monoisotopic (exact) mass is 364 g/mol. The lowest BCUT2D eigenvalue weighted by atomic mass is 9.86. The molecule has 0 aliphatic heterocycles. The fraction of sp³-hybridized carbons (Fsp3) is 0.217. The Kier molecular flexibility index (Phi) is 5.55. The molecule has 0 spiro atoms. The lowest BCUT2D eigenvalue weighted by molar-refractivity contribution is 0.354. The molecule has 0 saturated heterocycles. The predicted octanol–water partition coefficient (Wildman–Crippen LogP) is 5.24. The summed E-state index contributed by atoms with van der Waals surface area (Å²) in [4.78, 5) is 0. The third-order valence-electron chi connectivity index (χ3n) is 4.80. The first-order valence-electron chi connectivity index (χ1n) is 8.77. The second kappa shape index (κ2) is 8.04. The first-order chi connectivity index (χ1) is 13.1. The van der Waals surface area contributed by atoms with Gasteiger partial charge in [-0.1, -0.05) is 49.4 Å². The van der Waals surface area contributed by atoms with Crippen LogP contribution in [0.1, 0.15) is 24.0 Å². The summed E-state index contributed by atoms with van der Waals surface area (Å²) in [6.07, 6.45) is 0.